The van der Waals surface area contributed by atoms with Crippen molar-refractivity contribution in [3.8, 4) is 0 Å². The van der Waals surface area contributed by atoms with Crippen molar-refractivity contribution in [3.05, 3.63) is 47.5 Å². The largest absolute Gasteiger partial charge is 0.386 e. The minimum Gasteiger partial charge on any atom is -0.386 e. The van der Waals surface area contributed by atoms with Gasteiger partial charge >= 0.3 is 0 Å². The van der Waals surface area contributed by atoms with Crippen LogP contribution in [0.2, 0.25) is 0 Å². The van der Waals surface area contributed by atoms with E-state index >= 15 is 0 Å². The van der Waals surface area contributed by atoms with E-state index in [1.165, 1.54) is 12.1 Å². The highest BCUT2D eigenvalue weighted by Crippen LogP contribution is 2.17. The maximum absolute atomic E-state index is 12.7. The molecular weight excluding hydrogens is 221 g/mol. The maximum atomic E-state index is 12.7. The molecule has 2 aromatic rings. The zero-order chi connectivity index (χ0) is 12.3. The molecule has 5 heteroatoms. The van der Waals surface area contributed by atoms with Gasteiger partial charge in [-0.05, 0) is 24.6 Å². The van der Waals surface area contributed by atoms with E-state index in [1.807, 2.05) is 6.92 Å². The van der Waals surface area contributed by atoms with E-state index in [-0.39, 0.29) is 5.82 Å². The van der Waals surface area contributed by atoms with Gasteiger partial charge in [0.2, 0.25) is 0 Å². The molecule has 90 valence electrons. The van der Waals surface area contributed by atoms with Crippen molar-refractivity contribution in [3.63, 3.8) is 0 Å². The Labute approximate surface area is 98.7 Å². The Morgan fingerprint density at radius 2 is 2.06 bits per heavy atom. The van der Waals surface area contributed by atoms with E-state index in [0.29, 0.717) is 18.7 Å². The second-order valence-electron chi connectivity index (χ2n) is 3.82. The minimum absolute atomic E-state index is 0.275. The normalized spacial score (nSPS) is 12.6. The highest BCUT2D eigenvalue weighted by molar-refractivity contribution is 5.18. The van der Waals surface area contributed by atoms with Crippen LogP contribution in [0.4, 0.5) is 4.39 Å². The predicted octanol–water partition coefficient (Wildman–Crippen LogP) is 1.71. The molecule has 1 N–H and O–H groups in total. The van der Waals surface area contributed by atoms with Crippen molar-refractivity contribution in [2.75, 3.05) is 0 Å². The zero-order valence-electron chi connectivity index (χ0n) is 9.55. The summed E-state index contributed by atoms with van der Waals surface area (Å²) in [6.07, 6.45) is 1.31. The lowest BCUT2D eigenvalue weighted by Crippen LogP contribution is -2.10. The van der Waals surface area contributed by atoms with Gasteiger partial charge in [0.15, 0.2) is 0 Å². The molecule has 1 atom stereocenters. The van der Waals surface area contributed by atoms with Gasteiger partial charge in [0.25, 0.3) is 0 Å². The molecule has 0 aliphatic rings. The summed E-state index contributed by atoms with van der Waals surface area (Å²) in [7, 11) is 0. The third-order valence-corrected chi connectivity index (χ3v) is 2.63. The van der Waals surface area contributed by atoms with E-state index in [1.54, 1.807) is 23.0 Å². The van der Waals surface area contributed by atoms with Crippen LogP contribution in [0.3, 0.4) is 0 Å². The number of hydrogen-bond acceptors (Lipinski definition) is 3. The number of rotatable bonds is 4. The first-order valence-electron chi connectivity index (χ1n) is 5.51. The van der Waals surface area contributed by atoms with Gasteiger partial charge in [-0.1, -0.05) is 17.3 Å². The summed E-state index contributed by atoms with van der Waals surface area (Å²) in [5.74, 6) is -0.275. The second kappa shape index (κ2) is 5.05. The second-order valence-corrected chi connectivity index (χ2v) is 3.82. The summed E-state index contributed by atoms with van der Waals surface area (Å²) in [4.78, 5) is 0. The highest BCUT2D eigenvalue weighted by atomic mass is 19.1. The summed E-state index contributed by atoms with van der Waals surface area (Å²) in [5.41, 5.74) is 1.56. The average Bonchev–Trinajstić information content (AvgIpc) is 2.80. The molecular formula is C12H14FN3O. The van der Waals surface area contributed by atoms with Crippen LogP contribution in [0, 0.1) is 5.82 Å². The van der Waals surface area contributed by atoms with E-state index in [4.69, 9.17) is 0 Å². The Bertz CT molecular complexity index is 481. The first-order chi connectivity index (χ1) is 8.20. The van der Waals surface area contributed by atoms with Gasteiger partial charge in [-0.25, -0.2) is 9.07 Å². The van der Waals surface area contributed by atoms with Crippen molar-refractivity contribution in [2.45, 2.75) is 26.0 Å². The lowest BCUT2D eigenvalue weighted by molar-refractivity contribution is 0.167. The molecule has 0 aliphatic heterocycles. The Kier molecular flexibility index (Phi) is 3.49. The number of aliphatic hydroxyl groups is 1. The van der Waals surface area contributed by atoms with Crippen molar-refractivity contribution in [1.82, 2.24) is 15.0 Å². The molecule has 1 unspecified atom stereocenters. The number of aromatic nitrogens is 3. The third kappa shape index (κ3) is 2.68. The quantitative estimate of drug-likeness (QED) is 0.877. The van der Waals surface area contributed by atoms with Crippen LogP contribution in [0.25, 0.3) is 0 Å². The van der Waals surface area contributed by atoms with Crippen LogP contribution in [-0.2, 0) is 13.0 Å². The van der Waals surface area contributed by atoms with Crippen molar-refractivity contribution >= 4 is 0 Å². The first-order valence-corrected chi connectivity index (χ1v) is 5.51. The van der Waals surface area contributed by atoms with Crippen molar-refractivity contribution in [2.24, 2.45) is 0 Å². The van der Waals surface area contributed by atoms with E-state index in [9.17, 15) is 9.50 Å². The lowest BCUT2D eigenvalue weighted by atomic mass is 10.1. The molecule has 0 aliphatic carbocycles. The summed E-state index contributed by atoms with van der Waals surface area (Å²) in [6, 6.07) is 6.10. The van der Waals surface area contributed by atoms with E-state index in [2.05, 4.69) is 10.3 Å². The molecule has 1 heterocycles. The molecule has 17 heavy (non-hydrogen) atoms. The summed E-state index contributed by atoms with van der Waals surface area (Å²) in [5, 5.41) is 17.7. The summed E-state index contributed by atoms with van der Waals surface area (Å²) < 4.78 is 14.4. The van der Waals surface area contributed by atoms with Gasteiger partial charge in [-0.2, -0.15) is 0 Å². The smallest absolute Gasteiger partial charge is 0.123 e. The number of hydrogen-bond donors (Lipinski definition) is 1. The van der Waals surface area contributed by atoms with Crippen LogP contribution in [0.5, 0.6) is 0 Å². The van der Waals surface area contributed by atoms with Crippen LogP contribution in [0.1, 0.15) is 24.3 Å². The Balaban J connectivity index is 2.11. The van der Waals surface area contributed by atoms with E-state index in [0.717, 1.165) is 5.56 Å². The van der Waals surface area contributed by atoms with Gasteiger partial charge in [-0.3, -0.25) is 0 Å². The molecule has 0 saturated carbocycles. The van der Waals surface area contributed by atoms with Gasteiger partial charge in [0.1, 0.15) is 11.9 Å². The molecule has 0 bridgehead atoms. The number of benzene rings is 1. The highest BCUT2D eigenvalue weighted by Gasteiger charge is 2.14. The zero-order valence-corrected chi connectivity index (χ0v) is 9.55. The molecule has 2 rings (SSSR count). The third-order valence-electron chi connectivity index (χ3n) is 2.63. The molecule has 0 spiro atoms. The Hall–Kier alpha value is -1.75. The monoisotopic (exact) mass is 235 g/mol. The molecule has 1 aromatic carbocycles. The molecule has 0 saturated heterocycles. The summed E-state index contributed by atoms with van der Waals surface area (Å²) in [6.45, 7) is 2.60. The van der Waals surface area contributed by atoms with Crippen LogP contribution < -0.4 is 0 Å². The van der Waals surface area contributed by atoms with Crippen molar-refractivity contribution < 1.29 is 9.50 Å². The Morgan fingerprint density at radius 3 is 2.71 bits per heavy atom. The van der Waals surface area contributed by atoms with Crippen LogP contribution in [0.15, 0.2) is 30.5 Å². The van der Waals surface area contributed by atoms with Gasteiger partial charge in [0, 0.05) is 13.0 Å². The van der Waals surface area contributed by atoms with Crippen molar-refractivity contribution in [1.29, 1.82) is 0 Å². The molecule has 0 amide bonds. The first kappa shape index (κ1) is 11.7. The standard InChI is InChI=1S/C12H14FN3O/c1-2-16-11(8-14-15-16)12(17)7-9-3-5-10(13)6-4-9/h3-6,8,12,17H,2,7H2,1H3. The van der Waals surface area contributed by atoms with E-state index < -0.39 is 6.10 Å². The minimum atomic E-state index is -0.671. The fourth-order valence-corrected chi connectivity index (χ4v) is 1.72. The summed E-state index contributed by atoms with van der Waals surface area (Å²) >= 11 is 0. The predicted molar refractivity (Wildman–Crippen MR) is 60.8 cm³/mol. The SMILES string of the molecule is CCn1nncc1C(O)Cc1ccc(F)cc1. The van der Waals surface area contributed by atoms with Gasteiger partial charge in [0.05, 0.1) is 11.9 Å². The fraction of sp³-hybridized carbons (Fsp3) is 0.333. The van der Waals surface area contributed by atoms with Crippen LogP contribution in [-0.4, -0.2) is 20.1 Å². The average molecular weight is 235 g/mol. The topological polar surface area (TPSA) is 50.9 Å². The Morgan fingerprint density at radius 1 is 1.35 bits per heavy atom. The van der Waals surface area contributed by atoms with Gasteiger partial charge in [-0.15, -0.1) is 5.10 Å². The van der Waals surface area contributed by atoms with Crippen LogP contribution >= 0.6 is 0 Å². The fourth-order valence-electron chi connectivity index (χ4n) is 1.72. The molecule has 4 nitrogen and oxygen atoms in total. The molecule has 0 radical (unpaired) electrons. The maximum Gasteiger partial charge on any atom is 0.123 e. The molecule has 0 fully saturated rings. The number of aliphatic hydroxyl groups excluding tert-OH is 1. The lowest BCUT2D eigenvalue weighted by Gasteiger charge is -2.11. The number of halogens is 1. The number of aryl methyl sites for hydroxylation is 1. The van der Waals surface area contributed by atoms with Gasteiger partial charge < -0.3 is 5.11 Å². The molecule has 1 aromatic heterocycles. The number of nitrogens with zero attached hydrogens (tertiary/aromatic N) is 3.